The minimum atomic E-state index is -0.445. The lowest BCUT2D eigenvalue weighted by molar-refractivity contribution is -0.115. The maximum atomic E-state index is 12.4. The van der Waals surface area contributed by atoms with Crippen LogP contribution in [0.4, 0.5) is 11.5 Å². The zero-order chi connectivity index (χ0) is 20.1. The zero-order valence-corrected chi connectivity index (χ0v) is 16.7. The van der Waals surface area contributed by atoms with Gasteiger partial charge in [0.05, 0.1) is 16.0 Å². The summed E-state index contributed by atoms with van der Waals surface area (Å²) < 4.78 is 1.75. The molecule has 0 aliphatic heterocycles. The van der Waals surface area contributed by atoms with E-state index >= 15 is 0 Å². The smallest absolute Gasteiger partial charge is 0.238 e. The summed E-state index contributed by atoms with van der Waals surface area (Å²) in [5, 5.41) is 14.1. The van der Waals surface area contributed by atoms with Crippen LogP contribution in [0.3, 0.4) is 0 Å². The average Bonchev–Trinajstić information content (AvgIpc) is 3.11. The van der Waals surface area contributed by atoms with Crippen molar-refractivity contribution in [2.24, 2.45) is 0 Å². The molecule has 0 radical (unpaired) electrons. The van der Waals surface area contributed by atoms with Gasteiger partial charge in [-0.25, -0.2) is 4.98 Å². The third-order valence-corrected chi connectivity index (χ3v) is 4.87. The second-order valence-corrected chi connectivity index (χ2v) is 7.57. The Labute approximate surface area is 170 Å². The van der Waals surface area contributed by atoms with Gasteiger partial charge in [0.2, 0.25) is 11.8 Å². The standard InChI is InChI=1S/C18H17ClN6O2S/c1-11(17(27)23-16-7-6-13(19)9-20-16)28-18-24-21-10-25(18)15-5-3-4-14(8-15)22-12(2)26/h3-11H,1-2H3,(H,22,26)(H,20,23,27). The SMILES string of the molecule is CC(=O)Nc1cccc(-n2cnnc2SC(C)C(=O)Nc2ccc(Cl)cn2)c1. The molecule has 8 nitrogen and oxygen atoms in total. The van der Waals surface area contributed by atoms with E-state index < -0.39 is 5.25 Å². The lowest BCUT2D eigenvalue weighted by Crippen LogP contribution is -2.23. The van der Waals surface area contributed by atoms with E-state index in [4.69, 9.17) is 11.6 Å². The van der Waals surface area contributed by atoms with Crippen molar-refractivity contribution in [3.8, 4) is 5.69 Å². The monoisotopic (exact) mass is 416 g/mol. The first kappa shape index (κ1) is 19.8. The number of thioether (sulfide) groups is 1. The van der Waals surface area contributed by atoms with Crippen molar-refractivity contribution < 1.29 is 9.59 Å². The molecule has 0 aliphatic carbocycles. The number of amides is 2. The molecule has 2 aromatic heterocycles. The van der Waals surface area contributed by atoms with Gasteiger partial charge >= 0.3 is 0 Å². The van der Waals surface area contributed by atoms with Crippen molar-refractivity contribution in [2.45, 2.75) is 24.3 Å². The van der Waals surface area contributed by atoms with Crippen LogP contribution in [0.25, 0.3) is 5.69 Å². The van der Waals surface area contributed by atoms with Gasteiger partial charge < -0.3 is 10.6 Å². The van der Waals surface area contributed by atoms with Crippen molar-refractivity contribution in [3.05, 3.63) is 53.9 Å². The third-order valence-electron chi connectivity index (χ3n) is 3.59. The topological polar surface area (TPSA) is 102 Å². The van der Waals surface area contributed by atoms with Crippen LogP contribution in [0.1, 0.15) is 13.8 Å². The Hall–Kier alpha value is -2.91. The van der Waals surface area contributed by atoms with Crippen LogP contribution in [-0.2, 0) is 9.59 Å². The van der Waals surface area contributed by atoms with E-state index in [0.717, 1.165) is 5.69 Å². The Morgan fingerprint density at radius 3 is 2.75 bits per heavy atom. The Morgan fingerprint density at radius 2 is 2.04 bits per heavy atom. The highest BCUT2D eigenvalue weighted by atomic mass is 35.5. The Kier molecular flexibility index (Phi) is 6.27. The first-order valence-corrected chi connectivity index (χ1v) is 9.55. The van der Waals surface area contributed by atoms with Crippen molar-refractivity contribution in [2.75, 3.05) is 10.6 Å². The molecule has 1 unspecified atom stereocenters. The van der Waals surface area contributed by atoms with E-state index in [1.807, 2.05) is 12.1 Å². The summed E-state index contributed by atoms with van der Waals surface area (Å²) in [6, 6.07) is 10.6. The lowest BCUT2D eigenvalue weighted by Gasteiger charge is -2.12. The molecule has 0 bridgehead atoms. The van der Waals surface area contributed by atoms with Crippen molar-refractivity contribution in [3.63, 3.8) is 0 Å². The van der Waals surface area contributed by atoms with E-state index in [1.54, 1.807) is 42.1 Å². The molecule has 0 fully saturated rings. The fourth-order valence-corrected chi connectivity index (χ4v) is 3.26. The van der Waals surface area contributed by atoms with Crippen molar-refractivity contribution in [1.82, 2.24) is 19.7 Å². The van der Waals surface area contributed by atoms with Crippen LogP contribution in [-0.4, -0.2) is 36.8 Å². The number of benzene rings is 1. The van der Waals surface area contributed by atoms with Crippen LogP contribution >= 0.6 is 23.4 Å². The summed E-state index contributed by atoms with van der Waals surface area (Å²) in [4.78, 5) is 27.8. The molecule has 0 saturated heterocycles. The maximum Gasteiger partial charge on any atom is 0.238 e. The molecule has 2 heterocycles. The lowest BCUT2D eigenvalue weighted by atomic mass is 10.2. The van der Waals surface area contributed by atoms with E-state index in [2.05, 4.69) is 25.8 Å². The van der Waals surface area contributed by atoms with Crippen molar-refractivity contribution in [1.29, 1.82) is 0 Å². The molecule has 0 aliphatic rings. The van der Waals surface area contributed by atoms with Gasteiger partial charge in [0.25, 0.3) is 0 Å². The molecule has 28 heavy (non-hydrogen) atoms. The minimum Gasteiger partial charge on any atom is -0.326 e. The molecule has 10 heteroatoms. The van der Waals surface area contributed by atoms with E-state index in [9.17, 15) is 9.59 Å². The maximum absolute atomic E-state index is 12.4. The number of nitrogens with zero attached hydrogens (tertiary/aromatic N) is 4. The normalized spacial score (nSPS) is 11.7. The van der Waals surface area contributed by atoms with Crippen LogP contribution < -0.4 is 10.6 Å². The predicted molar refractivity (Wildman–Crippen MR) is 109 cm³/mol. The second-order valence-electron chi connectivity index (χ2n) is 5.83. The quantitative estimate of drug-likeness (QED) is 0.597. The zero-order valence-electron chi connectivity index (χ0n) is 15.1. The Balaban J connectivity index is 1.72. The van der Waals surface area contributed by atoms with Crippen LogP contribution in [0, 0.1) is 0 Å². The molecule has 2 N–H and O–H groups in total. The van der Waals surface area contributed by atoms with Crippen molar-refractivity contribution >= 4 is 46.7 Å². The van der Waals surface area contributed by atoms with Crippen LogP contribution in [0.2, 0.25) is 5.02 Å². The molecule has 3 rings (SSSR count). The number of anilines is 2. The van der Waals surface area contributed by atoms with Gasteiger partial charge in [0.15, 0.2) is 5.16 Å². The molecular weight excluding hydrogens is 400 g/mol. The summed E-state index contributed by atoms with van der Waals surface area (Å²) in [6.45, 7) is 3.21. The number of halogens is 1. The van der Waals surface area contributed by atoms with Gasteiger partial charge in [-0.15, -0.1) is 10.2 Å². The first-order chi connectivity index (χ1) is 13.4. The largest absolute Gasteiger partial charge is 0.326 e. The molecule has 2 amide bonds. The molecule has 0 spiro atoms. The molecular formula is C18H17ClN6O2S. The summed E-state index contributed by atoms with van der Waals surface area (Å²) in [5.41, 5.74) is 1.43. The Morgan fingerprint density at radius 1 is 1.21 bits per heavy atom. The van der Waals surface area contributed by atoms with Gasteiger partial charge in [-0.2, -0.15) is 0 Å². The molecule has 1 atom stereocenters. The molecule has 3 aromatic rings. The molecule has 0 saturated carbocycles. The molecule has 144 valence electrons. The van der Waals surface area contributed by atoms with Crippen LogP contribution in [0.15, 0.2) is 54.1 Å². The van der Waals surface area contributed by atoms with E-state index in [1.165, 1.54) is 24.9 Å². The number of carbonyl (C=O) groups is 2. The summed E-state index contributed by atoms with van der Waals surface area (Å²) in [6.07, 6.45) is 3.02. The summed E-state index contributed by atoms with van der Waals surface area (Å²) >= 11 is 7.06. The second kappa shape index (κ2) is 8.85. The summed E-state index contributed by atoms with van der Waals surface area (Å²) in [7, 11) is 0. The van der Waals surface area contributed by atoms with E-state index in [0.29, 0.717) is 21.7 Å². The number of aromatic nitrogens is 4. The number of rotatable bonds is 6. The number of hydrogen-bond acceptors (Lipinski definition) is 6. The van der Waals surface area contributed by atoms with E-state index in [-0.39, 0.29) is 11.8 Å². The predicted octanol–water partition coefficient (Wildman–Crippen LogP) is 3.39. The highest BCUT2D eigenvalue weighted by Gasteiger charge is 2.19. The Bertz CT molecular complexity index is 992. The first-order valence-electron chi connectivity index (χ1n) is 8.29. The number of pyridine rings is 1. The number of hydrogen-bond donors (Lipinski definition) is 2. The number of nitrogens with one attached hydrogen (secondary N) is 2. The van der Waals surface area contributed by atoms with Gasteiger partial charge in [-0.3, -0.25) is 14.2 Å². The fraction of sp³-hybridized carbons (Fsp3) is 0.167. The van der Waals surface area contributed by atoms with Gasteiger partial charge in [-0.05, 0) is 37.3 Å². The molecule has 1 aromatic carbocycles. The number of carbonyl (C=O) groups excluding carboxylic acids is 2. The highest BCUT2D eigenvalue weighted by Crippen LogP contribution is 2.25. The third kappa shape index (κ3) is 5.08. The fourth-order valence-electron chi connectivity index (χ4n) is 2.31. The average molecular weight is 417 g/mol. The highest BCUT2D eigenvalue weighted by molar-refractivity contribution is 8.00. The minimum absolute atomic E-state index is 0.156. The van der Waals surface area contributed by atoms with Gasteiger partial charge in [-0.1, -0.05) is 29.4 Å². The summed E-state index contributed by atoms with van der Waals surface area (Å²) in [5.74, 6) is 0.0456. The van der Waals surface area contributed by atoms with Gasteiger partial charge in [0.1, 0.15) is 12.1 Å². The van der Waals surface area contributed by atoms with Crippen LogP contribution in [0.5, 0.6) is 0 Å². The van der Waals surface area contributed by atoms with Gasteiger partial charge in [0, 0.05) is 18.8 Å².